The van der Waals surface area contributed by atoms with Gasteiger partial charge in [0.15, 0.2) is 5.96 Å². The molecule has 0 radical (unpaired) electrons. The largest absolute Gasteiger partial charge is 0.385 e. The summed E-state index contributed by atoms with van der Waals surface area (Å²) in [6, 6.07) is 2.95. The average molecular weight is 382 g/mol. The van der Waals surface area contributed by atoms with E-state index < -0.39 is 0 Å². The standard InChI is InChI=1S/C12H19FN4O.HI/c1-14-12(16-7-4-8-18-2)17-9-11-10(13)5-3-6-15-11;/h3,5-6H,4,7-9H2,1-2H3,(H2,14,16,17);1H. The summed E-state index contributed by atoms with van der Waals surface area (Å²) in [6.45, 7) is 1.74. The zero-order valence-electron chi connectivity index (χ0n) is 11.1. The topological polar surface area (TPSA) is 58.5 Å². The molecular weight excluding hydrogens is 362 g/mol. The maximum absolute atomic E-state index is 13.3. The molecule has 0 fully saturated rings. The van der Waals surface area contributed by atoms with Crippen LogP contribution in [-0.4, -0.2) is 38.3 Å². The second-order valence-electron chi connectivity index (χ2n) is 3.63. The first-order valence-electron chi connectivity index (χ1n) is 5.80. The van der Waals surface area contributed by atoms with Crippen molar-refractivity contribution in [3.8, 4) is 0 Å². The van der Waals surface area contributed by atoms with Gasteiger partial charge in [0.05, 0.1) is 12.2 Å². The van der Waals surface area contributed by atoms with Crippen molar-refractivity contribution in [2.24, 2.45) is 4.99 Å². The highest BCUT2D eigenvalue weighted by molar-refractivity contribution is 14.0. The van der Waals surface area contributed by atoms with Crippen molar-refractivity contribution in [3.05, 3.63) is 29.8 Å². The van der Waals surface area contributed by atoms with E-state index in [1.54, 1.807) is 26.4 Å². The molecule has 19 heavy (non-hydrogen) atoms. The van der Waals surface area contributed by atoms with Crippen molar-refractivity contribution in [2.45, 2.75) is 13.0 Å². The van der Waals surface area contributed by atoms with Gasteiger partial charge in [0.1, 0.15) is 5.82 Å². The van der Waals surface area contributed by atoms with Gasteiger partial charge in [-0.15, -0.1) is 24.0 Å². The molecule has 5 nitrogen and oxygen atoms in total. The van der Waals surface area contributed by atoms with E-state index in [1.165, 1.54) is 6.07 Å². The van der Waals surface area contributed by atoms with Gasteiger partial charge in [0, 0.05) is 33.5 Å². The van der Waals surface area contributed by atoms with Crippen LogP contribution in [0.5, 0.6) is 0 Å². The number of aromatic nitrogens is 1. The van der Waals surface area contributed by atoms with Crippen molar-refractivity contribution in [3.63, 3.8) is 0 Å². The summed E-state index contributed by atoms with van der Waals surface area (Å²) in [5.74, 6) is 0.302. The van der Waals surface area contributed by atoms with Crippen LogP contribution in [0.25, 0.3) is 0 Å². The number of methoxy groups -OCH3 is 1. The van der Waals surface area contributed by atoms with E-state index in [9.17, 15) is 4.39 Å². The van der Waals surface area contributed by atoms with E-state index in [1.807, 2.05) is 0 Å². The zero-order valence-corrected chi connectivity index (χ0v) is 13.5. The first kappa shape index (κ1) is 18.0. The third kappa shape index (κ3) is 7.26. The summed E-state index contributed by atoms with van der Waals surface area (Å²) >= 11 is 0. The molecule has 1 aromatic heterocycles. The minimum atomic E-state index is -0.320. The van der Waals surface area contributed by atoms with Gasteiger partial charge in [-0.25, -0.2) is 4.39 Å². The molecule has 0 aliphatic heterocycles. The highest BCUT2D eigenvalue weighted by Crippen LogP contribution is 2.01. The van der Waals surface area contributed by atoms with E-state index in [0.717, 1.165) is 13.0 Å². The third-order valence-electron chi connectivity index (χ3n) is 2.30. The summed E-state index contributed by atoms with van der Waals surface area (Å²) in [5.41, 5.74) is 0.373. The molecule has 7 heteroatoms. The number of pyridine rings is 1. The monoisotopic (exact) mass is 382 g/mol. The first-order chi connectivity index (χ1) is 8.77. The fraction of sp³-hybridized carbons (Fsp3) is 0.500. The smallest absolute Gasteiger partial charge is 0.191 e. The number of rotatable bonds is 6. The molecule has 1 rings (SSSR count). The second-order valence-corrected chi connectivity index (χ2v) is 3.63. The highest BCUT2D eigenvalue weighted by Gasteiger charge is 2.03. The van der Waals surface area contributed by atoms with E-state index in [4.69, 9.17) is 4.74 Å². The number of hydrogen-bond donors (Lipinski definition) is 2. The van der Waals surface area contributed by atoms with Crippen LogP contribution in [0.4, 0.5) is 4.39 Å². The minimum Gasteiger partial charge on any atom is -0.385 e. The fourth-order valence-corrected chi connectivity index (χ4v) is 1.36. The summed E-state index contributed by atoms with van der Waals surface area (Å²) < 4.78 is 18.3. The number of hydrogen-bond acceptors (Lipinski definition) is 3. The Hall–Kier alpha value is -0.960. The van der Waals surface area contributed by atoms with Crippen LogP contribution < -0.4 is 10.6 Å². The minimum absolute atomic E-state index is 0. The lowest BCUT2D eigenvalue weighted by molar-refractivity contribution is 0.195. The Balaban J connectivity index is 0.00000324. The number of halogens is 2. The lowest BCUT2D eigenvalue weighted by Crippen LogP contribution is -2.37. The van der Waals surface area contributed by atoms with E-state index in [0.29, 0.717) is 24.8 Å². The van der Waals surface area contributed by atoms with Crippen LogP contribution in [0.3, 0.4) is 0 Å². The van der Waals surface area contributed by atoms with E-state index in [2.05, 4.69) is 20.6 Å². The highest BCUT2D eigenvalue weighted by atomic mass is 127. The van der Waals surface area contributed by atoms with Gasteiger partial charge in [0.2, 0.25) is 0 Å². The van der Waals surface area contributed by atoms with Gasteiger partial charge in [-0.3, -0.25) is 9.98 Å². The van der Waals surface area contributed by atoms with Gasteiger partial charge in [-0.1, -0.05) is 0 Å². The molecule has 0 amide bonds. The Labute approximate surface area is 130 Å². The molecular formula is C12H20FIN4O. The molecule has 0 saturated heterocycles. The molecule has 1 heterocycles. The molecule has 0 unspecified atom stereocenters. The molecule has 2 N–H and O–H groups in total. The molecule has 1 aromatic rings. The maximum Gasteiger partial charge on any atom is 0.191 e. The Morgan fingerprint density at radius 3 is 2.89 bits per heavy atom. The molecule has 0 aliphatic carbocycles. The quantitative estimate of drug-likeness (QED) is 0.339. The zero-order chi connectivity index (χ0) is 13.2. The average Bonchev–Trinajstić information content (AvgIpc) is 2.40. The Morgan fingerprint density at radius 1 is 1.47 bits per heavy atom. The van der Waals surface area contributed by atoms with Crippen molar-refractivity contribution in [1.82, 2.24) is 15.6 Å². The molecule has 0 aliphatic rings. The number of ether oxygens (including phenoxy) is 1. The summed E-state index contributed by atoms with van der Waals surface area (Å²) in [4.78, 5) is 7.99. The second kappa shape index (κ2) is 10.9. The Kier molecular flexibility index (Phi) is 10.4. The number of nitrogens with zero attached hydrogens (tertiary/aromatic N) is 2. The Bertz CT molecular complexity index is 390. The van der Waals surface area contributed by atoms with Crippen LogP contribution in [-0.2, 0) is 11.3 Å². The van der Waals surface area contributed by atoms with Gasteiger partial charge < -0.3 is 15.4 Å². The first-order valence-corrected chi connectivity index (χ1v) is 5.80. The van der Waals surface area contributed by atoms with Gasteiger partial charge in [-0.2, -0.15) is 0 Å². The van der Waals surface area contributed by atoms with Gasteiger partial charge >= 0.3 is 0 Å². The van der Waals surface area contributed by atoms with Crippen molar-refractivity contribution < 1.29 is 9.13 Å². The van der Waals surface area contributed by atoms with Crippen molar-refractivity contribution in [2.75, 3.05) is 27.3 Å². The number of guanidine groups is 1. The lowest BCUT2D eigenvalue weighted by atomic mass is 10.3. The van der Waals surface area contributed by atoms with Crippen molar-refractivity contribution in [1.29, 1.82) is 0 Å². The van der Waals surface area contributed by atoms with Crippen LogP contribution in [0.1, 0.15) is 12.1 Å². The molecule has 0 saturated carbocycles. The van der Waals surface area contributed by atoms with E-state index >= 15 is 0 Å². The maximum atomic E-state index is 13.3. The van der Waals surface area contributed by atoms with Crippen LogP contribution in [0, 0.1) is 5.82 Å². The number of nitrogens with one attached hydrogen (secondary N) is 2. The van der Waals surface area contributed by atoms with Gasteiger partial charge in [-0.05, 0) is 18.6 Å². The molecule has 0 aromatic carbocycles. The molecule has 108 valence electrons. The number of aliphatic imine (C=N–C) groups is 1. The molecule has 0 spiro atoms. The van der Waals surface area contributed by atoms with Crippen LogP contribution in [0.2, 0.25) is 0 Å². The summed E-state index contributed by atoms with van der Waals surface area (Å²) in [5, 5.41) is 6.10. The van der Waals surface area contributed by atoms with Crippen LogP contribution in [0.15, 0.2) is 23.3 Å². The summed E-state index contributed by atoms with van der Waals surface area (Å²) in [6.07, 6.45) is 2.45. The normalized spacial score (nSPS) is 10.8. The summed E-state index contributed by atoms with van der Waals surface area (Å²) in [7, 11) is 3.33. The Morgan fingerprint density at radius 2 is 2.26 bits per heavy atom. The predicted molar refractivity (Wildman–Crippen MR) is 84.3 cm³/mol. The van der Waals surface area contributed by atoms with E-state index in [-0.39, 0.29) is 29.8 Å². The van der Waals surface area contributed by atoms with Gasteiger partial charge in [0.25, 0.3) is 0 Å². The fourth-order valence-electron chi connectivity index (χ4n) is 1.36. The predicted octanol–water partition coefficient (Wildman–Crippen LogP) is 1.54. The molecule has 0 bridgehead atoms. The SMILES string of the molecule is CN=C(NCCCOC)NCc1ncccc1F.I. The lowest BCUT2D eigenvalue weighted by Gasteiger charge is -2.11. The third-order valence-corrected chi connectivity index (χ3v) is 2.30. The van der Waals surface area contributed by atoms with Crippen LogP contribution >= 0.6 is 24.0 Å². The molecule has 0 atom stereocenters. The van der Waals surface area contributed by atoms with Crippen molar-refractivity contribution >= 4 is 29.9 Å².